The summed E-state index contributed by atoms with van der Waals surface area (Å²) in [6.07, 6.45) is 3.35. The molecule has 0 spiro atoms. The standard InChI is InChI=1S/C27H26FN5O2/c1-16(2)26(34)32-22-13-19(24-15-30-25(33-24)23-6-4-5-11-29-23)12-20(14-22)27(35)31-17(3)18-7-9-21(28)10-8-18/h4-17H,1-3H3,(H,30,33)(H,31,35)(H,32,34). The van der Waals surface area contributed by atoms with Crippen LogP contribution < -0.4 is 10.6 Å². The van der Waals surface area contributed by atoms with E-state index in [9.17, 15) is 14.0 Å². The Morgan fingerprint density at radius 3 is 2.43 bits per heavy atom. The second-order valence-electron chi connectivity index (χ2n) is 8.55. The summed E-state index contributed by atoms with van der Waals surface area (Å²) in [6.45, 7) is 5.42. The Kier molecular flexibility index (Phi) is 7.01. The highest BCUT2D eigenvalue weighted by Crippen LogP contribution is 2.26. The lowest BCUT2D eigenvalue weighted by atomic mass is 10.0. The second-order valence-corrected chi connectivity index (χ2v) is 8.55. The van der Waals surface area contributed by atoms with Crippen molar-refractivity contribution in [2.75, 3.05) is 5.32 Å². The van der Waals surface area contributed by atoms with E-state index >= 15 is 0 Å². The van der Waals surface area contributed by atoms with Gasteiger partial charge >= 0.3 is 0 Å². The van der Waals surface area contributed by atoms with E-state index in [0.717, 1.165) is 5.56 Å². The molecule has 35 heavy (non-hydrogen) atoms. The Labute approximate surface area is 202 Å². The van der Waals surface area contributed by atoms with E-state index < -0.39 is 0 Å². The highest BCUT2D eigenvalue weighted by atomic mass is 19.1. The number of aromatic nitrogens is 3. The second kappa shape index (κ2) is 10.3. The van der Waals surface area contributed by atoms with Gasteiger partial charge in [-0.05, 0) is 55.0 Å². The molecule has 1 atom stereocenters. The van der Waals surface area contributed by atoms with Crippen molar-refractivity contribution in [1.29, 1.82) is 0 Å². The number of nitrogens with one attached hydrogen (secondary N) is 3. The van der Waals surface area contributed by atoms with Crippen LogP contribution in [-0.4, -0.2) is 26.8 Å². The number of H-pyrrole nitrogens is 1. The molecule has 2 aromatic heterocycles. The first-order valence-electron chi connectivity index (χ1n) is 11.3. The number of aromatic amines is 1. The quantitative estimate of drug-likeness (QED) is 0.338. The average molecular weight is 472 g/mol. The van der Waals surface area contributed by atoms with E-state index in [1.165, 1.54) is 12.1 Å². The molecule has 1 unspecified atom stereocenters. The first-order valence-corrected chi connectivity index (χ1v) is 11.3. The summed E-state index contributed by atoms with van der Waals surface area (Å²) >= 11 is 0. The molecule has 0 aliphatic rings. The first kappa shape index (κ1) is 23.8. The lowest BCUT2D eigenvalue weighted by Gasteiger charge is -2.16. The molecule has 0 bridgehead atoms. The molecule has 4 rings (SSSR count). The van der Waals surface area contributed by atoms with Crippen molar-refractivity contribution in [3.8, 4) is 22.8 Å². The Morgan fingerprint density at radius 2 is 1.74 bits per heavy atom. The highest BCUT2D eigenvalue weighted by Gasteiger charge is 2.17. The van der Waals surface area contributed by atoms with Crippen LogP contribution in [0.3, 0.4) is 0 Å². The monoisotopic (exact) mass is 471 g/mol. The van der Waals surface area contributed by atoms with Gasteiger partial charge in [0.05, 0.1) is 17.9 Å². The average Bonchev–Trinajstić information content (AvgIpc) is 3.35. The number of pyridine rings is 1. The number of rotatable bonds is 7. The fraction of sp³-hybridized carbons (Fsp3) is 0.185. The SMILES string of the molecule is CC(C)C(=O)Nc1cc(C(=O)NC(C)c2ccc(F)cc2)cc(-c2cnc(-c3ccccn3)[nH]2)c1. The third-order valence-electron chi connectivity index (χ3n) is 5.50. The predicted octanol–water partition coefficient (Wildman–Crippen LogP) is 5.36. The van der Waals surface area contributed by atoms with Crippen LogP contribution in [0.5, 0.6) is 0 Å². The van der Waals surface area contributed by atoms with Gasteiger partial charge in [-0.25, -0.2) is 9.37 Å². The Morgan fingerprint density at radius 1 is 0.971 bits per heavy atom. The van der Waals surface area contributed by atoms with E-state index in [-0.39, 0.29) is 29.6 Å². The van der Waals surface area contributed by atoms with Crippen LogP contribution in [0.1, 0.15) is 42.7 Å². The van der Waals surface area contributed by atoms with Gasteiger partial charge in [0.15, 0.2) is 5.82 Å². The summed E-state index contributed by atoms with van der Waals surface area (Å²) < 4.78 is 13.3. The molecule has 8 heteroatoms. The van der Waals surface area contributed by atoms with Crippen molar-refractivity contribution in [1.82, 2.24) is 20.3 Å². The molecule has 0 radical (unpaired) electrons. The number of hydrogen-bond donors (Lipinski definition) is 3. The normalized spacial score (nSPS) is 11.8. The summed E-state index contributed by atoms with van der Waals surface area (Å²) in [4.78, 5) is 37.4. The minimum absolute atomic E-state index is 0.160. The zero-order valence-corrected chi connectivity index (χ0v) is 19.7. The van der Waals surface area contributed by atoms with Gasteiger partial charge in [0, 0.05) is 28.9 Å². The van der Waals surface area contributed by atoms with Crippen LogP contribution in [0.4, 0.5) is 10.1 Å². The highest BCUT2D eigenvalue weighted by molar-refractivity contribution is 5.99. The molecule has 3 N–H and O–H groups in total. The third-order valence-corrected chi connectivity index (χ3v) is 5.50. The van der Waals surface area contributed by atoms with Crippen molar-refractivity contribution < 1.29 is 14.0 Å². The van der Waals surface area contributed by atoms with Crippen LogP contribution in [-0.2, 0) is 4.79 Å². The van der Waals surface area contributed by atoms with Gasteiger partial charge in [-0.3, -0.25) is 14.6 Å². The third kappa shape index (κ3) is 5.78. The zero-order chi connectivity index (χ0) is 24.9. The number of amides is 2. The van der Waals surface area contributed by atoms with Gasteiger partial charge in [-0.15, -0.1) is 0 Å². The maximum Gasteiger partial charge on any atom is 0.251 e. The van der Waals surface area contributed by atoms with Gasteiger partial charge in [-0.1, -0.05) is 32.0 Å². The molecular formula is C27H26FN5O2. The van der Waals surface area contributed by atoms with Crippen LogP contribution in [0.15, 0.2) is 73.1 Å². The molecule has 2 aromatic carbocycles. The first-order chi connectivity index (χ1) is 16.8. The van der Waals surface area contributed by atoms with E-state index in [1.54, 1.807) is 56.6 Å². The number of carbonyl (C=O) groups is 2. The summed E-state index contributed by atoms with van der Waals surface area (Å²) in [6, 6.07) is 16.3. The summed E-state index contributed by atoms with van der Waals surface area (Å²) in [5.41, 5.74) is 3.68. The fourth-order valence-electron chi connectivity index (χ4n) is 3.49. The Bertz CT molecular complexity index is 1330. The molecule has 4 aromatic rings. The molecule has 7 nitrogen and oxygen atoms in total. The van der Waals surface area contributed by atoms with Crippen LogP contribution in [0.25, 0.3) is 22.8 Å². The van der Waals surface area contributed by atoms with Gasteiger partial charge in [-0.2, -0.15) is 0 Å². The number of imidazole rings is 1. The molecule has 178 valence electrons. The summed E-state index contributed by atoms with van der Waals surface area (Å²) in [7, 11) is 0. The number of hydrogen-bond acceptors (Lipinski definition) is 4. The van der Waals surface area contributed by atoms with Crippen LogP contribution >= 0.6 is 0 Å². The van der Waals surface area contributed by atoms with Crippen molar-refractivity contribution >= 4 is 17.5 Å². The lowest BCUT2D eigenvalue weighted by Crippen LogP contribution is -2.27. The summed E-state index contributed by atoms with van der Waals surface area (Å²) in [5, 5.41) is 5.80. The largest absolute Gasteiger partial charge is 0.346 e. The molecule has 0 saturated carbocycles. The topological polar surface area (TPSA) is 99.8 Å². The van der Waals surface area contributed by atoms with E-state index in [2.05, 4.69) is 25.6 Å². The van der Waals surface area contributed by atoms with E-state index in [1.807, 2.05) is 25.1 Å². The lowest BCUT2D eigenvalue weighted by molar-refractivity contribution is -0.118. The molecule has 0 fully saturated rings. The zero-order valence-electron chi connectivity index (χ0n) is 19.7. The maximum atomic E-state index is 13.3. The van der Waals surface area contributed by atoms with Crippen molar-refractivity contribution in [2.45, 2.75) is 26.8 Å². The van der Waals surface area contributed by atoms with Crippen LogP contribution in [0, 0.1) is 11.7 Å². The number of nitrogens with zero attached hydrogens (tertiary/aromatic N) is 2. The van der Waals surface area contributed by atoms with Gasteiger partial charge in [0.2, 0.25) is 5.91 Å². The van der Waals surface area contributed by atoms with E-state index in [0.29, 0.717) is 34.0 Å². The van der Waals surface area contributed by atoms with Crippen molar-refractivity contribution in [3.05, 3.63) is 90.0 Å². The van der Waals surface area contributed by atoms with Crippen LogP contribution in [0.2, 0.25) is 0 Å². The summed E-state index contributed by atoms with van der Waals surface area (Å²) in [5.74, 6) is -0.458. The van der Waals surface area contributed by atoms with Gasteiger partial charge in [0.1, 0.15) is 11.5 Å². The van der Waals surface area contributed by atoms with Crippen molar-refractivity contribution in [2.24, 2.45) is 5.92 Å². The molecule has 0 aliphatic carbocycles. The fourth-order valence-corrected chi connectivity index (χ4v) is 3.49. The van der Waals surface area contributed by atoms with Gasteiger partial charge < -0.3 is 15.6 Å². The van der Waals surface area contributed by atoms with Crippen molar-refractivity contribution in [3.63, 3.8) is 0 Å². The minimum atomic E-state index is -0.344. The maximum absolute atomic E-state index is 13.3. The van der Waals surface area contributed by atoms with E-state index in [4.69, 9.17) is 0 Å². The molecule has 2 amide bonds. The number of benzene rings is 2. The molecular weight excluding hydrogens is 445 g/mol. The molecule has 0 saturated heterocycles. The van der Waals surface area contributed by atoms with Gasteiger partial charge in [0.25, 0.3) is 5.91 Å². The number of anilines is 1. The predicted molar refractivity (Wildman–Crippen MR) is 133 cm³/mol. The minimum Gasteiger partial charge on any atom is -0.346 e. The number of carbonyl (C=O) groups excluding carboxylic acids is 2. The molecule has 0 aliphatic heterocycles. The smallest absolute Gasteiger partial charge is 0.251 e. The number of halogens is 1. The molecule has 2 heterocycles. The Hall–Kier alpha value is -4.33. The Balaban J connectivity index is 1.65.